The first-order valence-electron chi connectivity index (χ1n) is 7.87. The van der Waals surface area contributed by atoms with Crippen LogP contribution in [-0.4, -0.2) is 24.0 Å². The maximum atomic E-state index is 6.32. The predicted molar refractivity (Wildman–Crippen MR) is 92.0 cm³/mol. The number of benzene rings is 1. The second kappa shape index (κ2) is 6.31. The van der Waals surface area contributed by atoms with E-state index < -0.39 is 0 Å². The second-order valence-corrected chi connectivity index (χ2v) is 7.90. The molecule has 2 unspecified atom stereocenters. The third kappa shape index (κ3) is 3.64. The lowest BCUT2D eigenvalue weighted by molar-refractivity contribution is -0.0779. The molecule has 0 spiro atoms. The van der Waals surface area contributed by atoms with E-state index in [1.54, 1.807) is 0 Å². The summed E-state index contributed by atoms with van der Waals surface area (Å²) in [5.41, 5.74) is 1.25. The van der Waals surface area contributed by atoms with Crippen LogP contribution < -0.4 is 5.32 Å². The van der Waals surface area contributed by atoms with E-state index in [1.807, 2.05) is 11.8 Å². The molecule has 1 aromatic rings. The van der Waals surface area contributed by atoms with E-state index in [1.165, 1.54) is 10.5 Å². The molecule has 0 radical (unpaired) electrons. The summed E-state index contributed by atoms with van der Waals surface area (Å²) in [6.07, 6.45) is 3.24. The largest absolute Gasteiger partial charge is 0.369 e. The average Bonchev–Trinajstić information content (AvgIpc) is 2.64. The molecule has 1 saturated heterocycles. The van der Waals surface area contributed by atoms with Gasteiger partial charge in [-0.15, -0.1) is 11.8 Å². The quantitative estimate of drug-likeness (QED) is 0.800. The van der Waals surface area contributed by atoms with Crippen molar-refractivity contribution in [1.82, 2.24) is 5.32 Å². The summed E-state index contributed by atoms with van der Waals surface area (Å²) in [5.74, 6) is 0.473. The zero-order valence-electron chi connectivity index (χ0n) is 14.2. The van der Waals surface area contributed by atoms with Crippen LogP contribution in [0, 0.1) is 5.92 Å². The van der Waals surface area contributed by atoms with E-state index in [4.69, 9.17) is 4.74 Å². The monoisotopic (exact) mass is 307 g/mol. The maximum absolute atomic E-state index is 6.32. The van der Waals surface area contributed by atoms with Gasteiger partial charge in [-0.1, -0.05) is 25.1 Å². The molecular formula is C18H29NOS. The Morgan fingerprint density at radius 1 is 1.29 bits per heavy atom. The van der Waals surface area contributed by atoms with Crippen LogP contribution >= 0.6 is 11.8 Å². The second-order valence-electron chi connectivity index (χ2n) is 7.05. The summed E-state index contributed by atoms with van der Waals surface area (Å²) in [6.45, 7) is 12.0. The molecule has 21 heavy (non-hydrogen) atoms. The first-order chi connectivity index (χ1) is 9.80. The number of nitrogens with one attached hydrogen (secondary N) is 1. The molecule has 1 fully saturated rings. The number of hydrogen-bond acceptors (Lipinski definition) is 3. The van der Waals surface area contributed by atoms with E-state index in [0.29, 0.717) is 12.0 Å². The van der Waals surface area contributed by atoms with Crippen molar-refractivity contribution in [2.45, 2.75) is 63.2 Å². The highest BCUT2D eigenvalue weighted by Crippen LogP contribution is 2.48. The topological polar surface area (TPSA) is 21.3 Å². The van der Waals surface area contributed by atoms with Crippen molar-refractivity contribution >= 4 is 11.8 Å². The Balaban J connectivity index is 2.39. The molecule has 1 aromatic carbocycles. The standard InChI is InChI=1S/C18H29NOS/c1-7-19-16(13-10-8-9-11-15(13)21-6)14-12-17(2,3)20-18(14,4)5/h8-11,14,16,19H,7,12H2,1-6H3. The van der Waals surface area contributed by atoms with Crippen molar-refractivity contribution < 1.29 is 4.74 Å². The lowest BCUT2D eigenvalue weighted by atomic mass is 9.79. The molecule has 1 aliphatic rings. The summed E-state index contributed by atoms with van der Waals surface area (Å²) in [6, 6.07) is 9.10. The highest BCUT2D eigenvalue weighted by Gasteiger charge is 2.49. The third-order valence-corrected chi connectivity index (χ3v) is 5.26. The van der Waals surface area contributed by atoms with Crippen molar-refractivity contribution in [3.63, 3.8) is 0 Å². The molecule has 1 heterocycles. The summed E-state index contributed by atoms with van der Waals surface area (Å²) in [7, 11) is 0. The Hall–Kier alpha value is -0.510. The minimum atomic E-state index is -0.109. The zero-order valence-corrected chi connectivity index (χ0v) is 15.0. The van der Waals surface area contributed by atoms with Gasteiger partial charge in [0.05, 0.1) is 11.2 Å². The molecule has 0 saturated carbocycles. The minimum Gasteiger partial charge on any atom is -0.369 e. The van der Waals surface area contributed by atoms with Crippen molar-refractivity contribution in [2.24, 2.45) is 5.92 Å². The number of hydrogen-bond donors (Lipinski definition) is 1. The molecule has 0 aromatic heterocycles. The van der Waals surface area contributed by atoms with Crippen LogP contribution in [0.2, 0.25) is 0 Å². The molecule has 118 valence electrons. The maximum Gasteiger partial charge on any atom is 0.0681 e. The molecule has 0 aliphatic carbocycles. The highest BCUT2D eigenvalue weighted by molar-refractivity contribution is 7.98. The Bertz CT molecular complexity index is 484. The normalized spacial score (nSPS) is 25.0. The predicted octanol–water partition coefficient (Wildman–Crippen LogP) is 4.65. The molecule has 3 heteroatoms. The summed E-state index contributed by atoms with van der Waals surface area (Å²) in [4.78, 5) is 1.36. The van der Waals surface area contributed by atoms with E-state index in [2.05, 4.69) is 70.5 Å². The van der Waals surface area contributed by atoms with Crippen LogP contribution in [0.15, 0.2) is 29.2 Å². The van der Waals surface area contributed by atoms with Crippen LogP contribution in [0.4, 0.5) is 0 Å². The average molecular weight is 308 g/mol. The van der Waals surface area contributed by atoms with E-state index in [0.717, 1.165) is 13.0 Å². The molecule has 1 aliphatic heterocycles. The highest BCUT2D eigenvalue weighted by atomic mass is 32.2. The number of rotatable bonds is 5. The van der Waals surface area contributed by atoms with Gasteiger partial charge >= 0.3 is 0 Å². The van der Waals surface area contributed by atoms with Crippen molar-refractivity contribution in [2.75, 3.05) is 12.8 Å². The van der Waals surface area contributed by atoms with Crippen LogP contribution in [0.1, 0.15) is 52.6 Å². The molecular weight excluding hydrogens is 278 g/mol. The molecule has 0 amide bonds. The zero-order chi connectivity index (χ0) is 15.7. The number of thioether (sulfide) groups is 1. The first-order valence-corrected chi connectivity index (χ1v) is 9.09. The van der Waals surface area contributed by atoms with Gasteiger partial charge in [0.25, 0.3) is 0 Å². The van der Waals surface area contributed by atoms with Gasteiger partial charge in [-0.25, -0.2) is 0 Å². The van der Waals surface area contributed by atoms with E-state index in [-0.39, 0.29) is 11.2 Å². The SMILES string of the molecule is CCNC(c1ccccc1SC)C1CC(C)(C)OC1(C)C. The third-order valence-electron chi connectivity index (χ3n) is 4.44. The fraction of sp³-hybridized carbons (Fsp3) is 0.667. The summed E-state index contributed by atoms with van der Waals surface area (Å²) in [5, 5.41) is 3.72. The van der Waals surface area contributed by atoms with Gasteiger partial charge in [-0.2, -0.15) is 0 Å². The Kier molecular flexibility index (Phi) is 5.07. The van der Waals surface area contributed by atoms with Crippen LogP contribution in [0.5, 0.6) is 0 Å². The smallest absolute Gasteiger partial charge is 0.0681 e. The van der Waals surface area contributed by atoms with Gasteiger partial charge in [-0.3, -0.25) is 0 Å². The fourth-order valence-corrected chi connectivity index (χ4v) is 4.38. The Morgan fingerprint density at radius 3 is 2.48 bits per heavy atom. The van der Waals surface area contributed by atoms with Crippen molar-refractivity contribution in [3.05, 3.63) is 29.8 Å². The van der Waals surface area contributed by atoms with Gasteiger partial charge in [0.2, 0.25) is 0 Å². The lowest BCUT2D eigenvalue weighted by Gasteiger charge is -2.34. The van der Waals surface area contributed by atoms with Crippen LogP contribution in [-0.2, 0) is 4.74 Å². The molecule has 2 atom stereocenters. The van der Waals surface area contributed by atoms with Gasteiger partial charge in [0.15, 0.2) is 0 Å². The Morgan fingerprint density at radius 2 is 1.95 bits per heavy atom. The fourth-order valence-electron chi connectivity index (χ4n) is 3.74. The van der Waals surface area contributed by atoms with E-state index in [9.17, 15) is 0 Å². The summed E-state index contributed by atoms with van der Waals surface area (Å²) < 4.78 is 6.32. The van der Waals surface area contributed by atoms with Crippen molar-refractivity contribution in [1.29, 1.82) is 0 Å². The first kappa shape index (κ1) is 16.9. The van der Waals surface area contributed by atoms with Gasteiger partial charge in [0, 0.05) is 16.9 Å². The van der Waals surface area contributed by atoms with Gasteiger partial charge in [-0.05, 0) is 58.5 Å². The van der Waals surface area contributed by atoms with Crippen LogP contribution in [0.3, 0.4) is 0 Å². The lowest BCUT2D eigenvalue weighted by Crippen LogP contribution is -2.38. The molecule has 2 rings (SSSR count). The van der Waals surface area contributed by atoms with Gasteiger partial charge in [0.1, 0.15) is 0 Å². The van der Waals surface area contributed by atoms with Crippen molar-refractivity contribution in [3.8, 4) is 0 Å². The molecule has 0 bridgehead atoms. The minimum absolute atomic E-state index is 0.0455. The van der Waals surface area contributed by atoms with E-state index >= 15 is 0 Å². The summed E-state index contributed by atoms with van der Waals surface area (Å²) >= 11 is 1.83. The Labute approximate surface area is 134 Å². The molecule has 2 nitrogen and oxygen atoms in total. The van der Waals surface area contributed by atoms with Gasteiger partial charge < -0.3 is 10.1 Å². The number of ether oxygens (including phenoxy) is 1. The van der Waals surface area contributed by atoms with Crippen LogP contribution in [0.25, 0.3) is 0 Å². The molecule has 1 N–H and O–H groups in total.